The molecule has 176 valence electrons. The number of fused-ring (bicyclic) bond motifs is 1. The topological polar surface area (TPSA) is 60.3 Å². The summed E-state index contributed by atoms with van der Waals surface area (Å²) in [6, 6.07) is 9.16. The Hall–Kier alpha value is -2.43. The maximum atomic E-state index is 12.9. The number of alkyl halides is 3. The predicted octanol–water partition coefficient (Wildman–Crippen LogP) is 4.42. The van der Waals surface area contributed by atoms with E-state index in [1.165, 1.54) is 17.8 Å². The van der Waals surface area contributed by atoms with E-state index in [0.29, 0.717) is 47.6 Å². The fourth-order valence-electron chi connectivity index (χ4n) is 3.95. The lowest BCUT2D eigenvalue weighted by Gasteiger charge is -2.25. The molecule has 0 bridgehead atoms. The van der Waals surface area contributed by atoms with E-state index >= 15 is 0 Å². The molecule has 0 amide bonds. The van der Waals surface area contributed by atoms with Crippen molar-refractivity contribution in [1.82, 2.24) is 19.4 Å². The van der Waals surface area contributed by atoms with E-state index in [1.54, 1.807) is 13.8 Å². The summed E-state index contributed by atoms with van der Waals surface area (Å²) in [5.74, 6) is 0.529. The van der Waals surface area contributed by atoms with Gasteiger partial charge in [-0.2, -0.15) is 13.2 Å². The van der Waals surface area contributed by atoms with E-state index in [2.05, 4.69) is 9.88 Å². The second kappa shape index (κ2) is 9.82. The third-order valence-electron chi connectivity index (χ3n) is 5.63. The van der Waals surface area contributed by atoms with Gasteiger partial charge in [-0.15, -0.1) is 0 Å². The molecule has 0 spiro atoms. The largest absolute Gasteiger partial charge is 0.406 e. The first-order chi connectivity index (χ1) is 15.7. The molecule has 1 aliphatic rings. The molecule has 0 atom stereocenters. The summed E-state index contributed by atoms with van der Waals surface area (Å²) in [6.07, 6.45) is -4.35. The third-order valence-corrected chi connectivity index (χ3v) is 6.63. The number of morpholine rings is 1. The van der Waals surface area contributed by atoms with Gasteiger partial charge in [0, 0.05) is 35.4 Å². The molecule has 0 aliphatic carbocycles. The highest BCUT2D eigenvalue weighted by Gasteiger charge is 2.30. The van der Waals surface area contributed by atoms with Crippen LogP contribution in [0.1, 0.15) is 27.6 Å². The Labute approximate surface area is 194 Å². The van der Waals surface area contributed by atoms with Crippen LogP contribution in [0.25, 0.3) is 10.9 Å². The molecule has 2 aromatic heterocycles. The van der Waals surface area contributed by atoms with Gasteiger partial charge in [0.05, 0.1) is 31.0 Å². The maximum Gasteiger partial charge on any atom is 0.406 e. The molecule has 6 nitrogen and oxygen atoms in total. The molecule has 4 rings (SSSR count). The number of para-hydroxylation sites is 1. The number of nitrogens with zero attached hydrogens (tertiary/aromatic N) is 4. The van der Waals surface area contributed by atoms with Crippen LogP contribution in [0, 0.1) is 13.8 Å². The number of aromatic nitrogens is 3. The van der Waals surface area contributed by atoms with E-state index in [-0.39, 0.29) is 11.5 Å². The normalized spacial score (nSPS) is 15.3. The summed E-state index contributed by atoms with van der Waals surface area (Å²) in [5, 5.41) is 1.55. The van der Waals surface area contributed by atoms with Crippen LogP contribution >= 0.6 is 11.8 Å². The van der Waals surface area contributed by atoms with Crippen molar-refractivity contribution in [3.63, 3.8) is 0 Å². The van der Waals surface area contributed by atoms with Crippen molar-refractivity contribution >= 4 is 28.4 Å². The zero-order chi connectivity index (χ0) is 23.6. The number of ketones is 1. The van der Waals surface area contributed by atoms with Crippen molar-refractivity contribution in [3.05, 3.63) is 53.1 Å². The highest BCUT2D eigenvalue weighted by atomic mass is 32.2. The molecule has 1 fully saturated rings. The quantitative estimate of drug-likeness (QED) is 0.285. The van der Waals surface area contributed by atoms with Crippen LogP contribution in [-0.4, -0.2) is 63.5 Å². The van der Waals surface area contributed by atoms with Gasteiger partial charge < -0.3 is 9.30 Å². The number of hydrogen-bond acceptors (Lipinski definition) is 6. The van der Waals surface area contributed by atoms with Crippen molar-refractivity contribution in [2.24, 2.45) is 0 Å². The first-order valence-electron chi connectivity index (χ1n) is 10.7. The van der Waals surface area contributed by atoms with Gasteiger partial charge in [-0.3, -0.25) is 9.69 Å². The lowest BCUT2D eigenvalue weighted by atomic mass is 10.2. The third kappa shape index (κ3) is 5.74. The minimum atomic E-state index is -4.35. The van der Waals surface area contributed by atoms with Crippen molar-refractivity contribution in [2.75, 3.05) is 32.1 Å². The number of ether oxygens (including phenoxy) is 1. The smallest absolute Gasteiger partial charge is 0.379 e. The summed E-state index contributed by atoms with van der Waals surface area (Å²) in [7, 11) is 0. The van der Waals surface area contributed by atoms with Crippen LogP contribution in [0.2, 0.25) is 0 Å². The number of carbonyl (C=O) groups excluding carboxylic acids is 1. The van der Waals surface area contributed by atoms with Crippen molar-refractivity contribution < 1.29 is 22.7 Å². The highest BCUT2D eigenvalue weighted by Crippen LogP contribution is 2.28. The van der Waals surface area contributed by atoms with Gasteiger partial charge in [-0.25, -0.2) is 9.97 Å². The fourth-order valence-corrected chi connectivity index (χ4v) is 4.87. The number of carbonyl (C=O) groups is 1. The average molecular weight is 479 g/mol. The number of aryl methyl sites for hydroxylation is 1. The minimum absolute atomic E-state index is 0.0777. The minimum Gasteiger partial charge on any atom is -0.379 e. The monoisotopic (exact) mass is 478 g/mol. The number of Topliss-reactive ketones (excluding diaryl/α,β-unsaturated/α-hetero) is 1. The lowest BCUT2D eigenvalue weighted by molar-refractivity contribution is -0.141. The molecule has 33 heavy (non-hydrogen) atoms. The summed E-state index contributed by atoms with van der Waals surface area (Å²) < 4.78 is 45.2. The fraction of sp³-hybridized carbons (Fsp3) is 0.435. The predicted molar refractivity (Wildman–Crippen MR) is 121 cm³/mol. The Morgan fingerprint density at radius 3 is 2.61 bits per heavy atom. The van der Waals surface area contributed by atoms with E-state index in [1.807, 2.05) is 24.3 Å². The Morgan fingerprint density at radius 2 is 1.88 bits per heavy atom. The van der Waals surface area contributed by atoms with E-state index in [9.17, 15) is 18.0 Å². The molecule has 0 radical (unpaired) electrons. The number of thioether (sulfide) groups is 1. The summed E-state index contributed by atoms with van der Waals surface area (Å²) in [4.78, 5) is 24.5. The Bertz CT molecular complexity index is 1160. The van der Waals surface area contributed by atoms with Gasteiger partial charge in [-0.1, -0.05) is 30.0 Å². The molecule has 3 aromatic rings. The lowest BCUT2D eigenvalue weighted by Crippen LogP contribution is -2.36. The SMILES string of the molecule is Cc1cc(C(=O)CSc2nc(CN3CCOCC3)nc3ccccc23)c(C)n1CC(F)(F)F. The zero-order valence-electron chi connectivity index (χ0n) is 18.5. The molecule has 0 unspecified atom stereocenters. The van der Waals surface area contributed by atoms with E-state index in [0.717, 1.165) is 28.6 Å². The molecule has 3 heterocycles. The Kier molecular flexibility index (Phi) is 7.06. The summed E-state index contributed by atoms with van der Waals surface area (Å²) in [6.45, 7) is 5.60. The van der Waals surface area contributed by atoms with Gasteiger partial charge in [0.25, 0.3) is 0 Å². The second-order valence-electron chi connectivity index (χ2n) is 8.05. The Balaban J connectivity index is 1.54. The molecular formula is C23H25F3N4O2S. The standard InChI is InChI=1S/C23H25F3N4O2S/c1-15-11-18(16(2)30(15)14-23(24,25)26)20(31)13-33-22-17-5-3-4-6-19(17)27-21(28-22)12-29-7-9-32-10-8-29/h3-6,11H,7-10,12-14H2,1-2H3. The number of hydrogen-bond donors (Lipinski definition) is 0. The van der Waals surface area contributed by atoms with Crippen molar-refractivity contribution in [3.8, 4) is 0 Å². The first kappa shape index (κ1) is 23.7. The number of halogens is 3. The molecule has 1 saturated heterocycles. The van der Waals surface area contributed by atoms with Crippen molar-refractivity contribution in [1.29, 1.82) is 0 Å². The van der Waals surface area contributed by atoms with Crippen molar-refractivity contribution in [2.45, 2.75) is 38.1 Å². The average Bonchev–Trinajstić information content (AvgIpc) is 3.05. The van der Waals surface area contributed by atoms with Gasteiger partial charge in [-0.05, 0) is 26.0 Å². The molecule has 1 aliphatic heterocycles. The number of benzene rings is 1. The van der Waals surface area contributed by atoms with Gasteiger partial charge in [0.2, 0.25) is 0 Å². The van der Waals surface area contributed by atoms with Gasteiger partial charge >= 0.3 is 6.18 Å². The van der Waals surface area contributed by atoms with E-state index in [4.69, 9.17) is 9.72 Å². The summed E-state index contributed by atoms with van der Waals surface area (Å²) >= 11 is 1.29. The van der Waals surface area contributed by atoms with E-state index < -0.39 is 12.7 Å². The van der Waals surface area contributed by atoms with Crippen LogP contribution in [0.15, 0.2) is 35.4 Å². The van der Waals surface area contributed by atoms with Crippen LogP contribution < -0.4 is 0 Å². The van der Waals surface area contributed by atoms with Crippen LogP contribution in [0.3, 0.4) is 0 Å². The molecule has 10 heteroatoms. The van der Waals surface area contributed by atoms with Gasteiger partial charge in [0.1, 0.15) is 17.4 Å². The molecule has 1 aromatic carbocycles. The van der Waals surface area contributed by atoms with Crippen LogP contribution in [0.4, 0.5) is 13.2 Å². The Morgan fingerprint density at radius 1 is 1.15 bits per heavy atom. The molecular weight excluding hydrogens is 453 g/mol. The maximum absolute atomic E-state index is 12.9. The highest BCUT2D eigenvalue weighted by molar-refractivity contribution is 8.00. The van der Waals surface area contributed by atoms with Crippen LogP contribution in [-0.2, 0) is 17.8 Å². The molecule has 0 N–H and O–H groups in total. The first-order valence-corrected chi connectivity index (χ1v) is 11.6. The number of rotatable bonds is 7. The molecule has 0 saturated carbocycles. The summed E-state index contributed by atoms with van der Waals surface area (Å²) in [5.41, 5.74) is 1.86. The van der Waals surface area contributed by atoms with Gasteiger partial charge in [0.15, 0.2) is 5.78 Å². The van der Waals surface area contributed by atoms with Crippen LogP contribution in [0.5, 0.6) is 0 Å². The second-order valence-corrected chi connectivity index (χ2v) is 9.01. The zero-order valence-corrected chi connectivity index (χ0v) is 19.3.